The third-order valence-electron chi connectivity index (χ3n) is 3.15. The topological polar surface area (TPSA) is 107 Å². The fourth-order valence-electron chi connectivity index (χ4n) is 2.17. The molecule has 1 aliphatic heterocycles. The van der Waals surface area contributed by atoms with Gasteiger partial charge in [-0.25, -0.2) is 8.42 Å². The van der Waals surface area contributed by atoms with Gasteiger partial charge in [-0.05, 0) is 6.07 Å². The maximum atomic E-state index is 12.0. The number of ether oxygens (including phenoxy) is 1. The number of hydrogen-bond donors (Lipinski definition) is 0. The van der Waals surface area contributed by atoms with Gasteiger partial charge < -0.3 is 9.64 Å². The monoisotopic (exact) mass is 334 g/mol. The summed E-state index contributed by atoms with van der Waals surface area (Å²) < 4.78 is 27.7. The summed E-state index contributed by atoms with van der Waals surface area (Å²) in [5, 5.41) is 10.00. The summed E-state index contributed by atoms with van der Waals surface area (Å²) in [6.07, 6.45) is -0.318. The molecule has 0 bridgehead atoms. The zero-order chi connectivity index (χ0) is 15.8. The molecular formula is C11H11ClN2O6S. The maximum Gasteiger partial charge on any atom is 0.296 e. The van der Waals surface area contributed by atoms with Gasteiger partial charge in [-0.15, -0.1) is 0 Å². The molecule has 1 unspecified atom stereocenters. The Hall–Kier alpha value is -1.87. The van der Waals surface area contributed by atoms with Crippen LogP contribution in [0.3, 0.4) is 0 Å². The number of carbonyl (C=O) groups is 1. The molecule has 10 heteroatoms. The molecule has 0 aliphatic carbocycles. The predicted octanol–water partition coefficient (Wildman–Crippen LogP) is 1.28. The molecule has 1 aromatic rings. The number of nitro benzene ring substituents is 1. The SMILES string of the molecule is COc1cccc([N+](=O)[O-])c1N1CC(S(=O)(=O)Cl)CC1=O. The van der Waals surface area contributed by atoms with Gasteiger partial charge in [0.1, 0.15) is 11.0 Å². The number of nitrogens with zero attached hydrogens (tertiary/aromatic N) is 2. The van der Waals surface area contributed by atoms with Crippen LogP contribution in [-0.2, 0) is 13.8 Å². The highest BCUT2D eigenvalue weighted by atomic mass is 35.7. The standard InChI is InChI=1S/C11H11ClN2O6S/c1-20-9-4-2-3-8(14(16)17)11(9)13-6-7(5-10(13)15)21(12,18)19/h2-4,7H,5-6H2,1H3. The highest BCUT2D eigenvalue weighted by Gasteiger charge is 2.41. The minimum atomic E-state index is -3.93. The highest BCUT2D eigenvalue weighted by Crippen LogP contribution is 2.40. The molecule has 0 radical (unpaired) electrons. The predicted molar refractivity (Wildman–Crippen MR) is 75.2 cm³/mol. The van der Waals surface area contributed by atoms with Crippen molar-refractivity contribution in [2.24, 2.45) is 0 Å². The Balaban J connectivity index is 2.52. The number of nitro groups is 1. The highest BCUT2D eigenvalue weighted by molar-refractivity contribution is 8.14. The van der Waals surface area contributed by atoms with Crippen LogP contribution in [0.15, 0.2) is 18.2 Å². The summed E-state index contributed by atoms with van der Waals surface area (Å²) in [5.41, 5.74) is -0.395. The maximum absolute atomic E-state index is 12.0. The quantitative estimate of drug-likeness (QED) is 0.466. The molecule has 1 saturated heterocycles. The van der Waals surface area contributed by atoms with E-state index < -0.39 is 25.1 Å². The molecule has 1 heterocycles. The van der Waals surface area contributed by atoms with Gasteiger partial charge >= 0.3 is 0 Å². The summed E-state index contributed by atoms with van der Waals surface area (Å²) in [5.74, 6) is -0.443. The minimum absolute atomic E-state index is 0.0576. The van der Waals surface area contributed by atoms with Crippen LogP contribution in [0.2, 0.25) is 0 Å². The molecule has 0 saturated carbocycles. The van der Waals surface area contributed by atoms with Crippen molar-refractivity contribution in [2.75, 3.05) is 18.6 Å². The van der Waals surface area contributed by atoms with Crippen molar-refractivity contribution >= 4 is 37.0 Å². The summed E-state index contributed by atoms with van der Waals surface area (Å²) >= 11 is 0. The van der Waals surface area contributed by atoms with Gasteiger partial charge in [0.2, 0.25) is 15.0 Å². The minimum Gasteiger partial charge on any atom is -0.494 e. The second kappa shape index (κ2) is 5.49. The molecule has 0 aromatic heterocycles. The van der Waals surface area contributed by atoms with Crippen LogP contribution in [0.5, 0.6) is 5.75 Å². The first-order chi connectivity index (χ1) is 9.75. The Morgan fingerprint density at radius 3 is 2.62 bits per heavy atom. The lowest BCUT2D eigenvalue weighted by molar-refractivity contribution is -0.384. The first-order valence-corrected chi connectivity index (χ1v) is 8.18. The van der Waals surface area contributed by atoms with E-state index >= 15 is 0 Å². The molecule has 114 valence electrons. The number of benzene rings is 1. The molecule has 1 fully saturated rings. The van der Waals surface area contributed by atoms with Crippen LogP contribution >= 0.6 is 10.7 Å². The lowest BCUT2D eigenvalue weighted by Gasteiger charge is -2.18. The van der Waals surface area contributed by atoms with E-state index in [2.05, 4.69) is 0 Å². The number of methoxy groups -OCH3 is 1. The van der Waals surface area contributed by atoms with Crippen LogP contribution in [0.25, 0.3) is 0 Å². The van der Waals surface area contributed by atoms with Crippen LogP contribution in [0.1, 0.15) is 6.42 Å². The molecule has 21 heavy (non-hydrogen) atoms. The first kappa shape index (κ1) is 15.5. The van der Waals surface area contributed by atoms with Crippen LogP contribution in [-0.4, -0.2) is 38.2 Å². The van der Waals surface area contributed by atoms with Crippen molar-refractivity contribution in [2.45, 2.75) is 11.7 Å². The van der Waals surface area contributed by atoms with Gasteiger partial charge in [0, 0.05) is 29.7 Å². The number of carbonyl (C=O) groups excluding carboxylic acids is 1. The Morgan fingerprint density at radius 2 is 2.14 bits per heavy atom. The van der Waals surface area contributed by atoms with Crippen molar-refractivity contribution in [3.8, 4) is 5.75 Å². The van der Waals surface area contributed by atoms with Crippen molar-refractivity contribution in [3.63, 3.8) is 0 Å². The van der Waals surface area contributed by atoms with Crippen LogP contribution in [0.4, 0.5) is 11.4 Å². The number of halogens is 1. The zero-order valence-corrected chi connectivity index (χ0v) is 12.4. The second-order valence-corrected chi connectivity index (χ2v) is 7.30. The van der Waals surface area contributed by atoms with Crippen molar-refractivity contribution < 1.29 is 22.9 Å². The molecule has 0 N–H and O–H groups in total. The summed E-state index contributed by atoms with van der Waals surface area (Å²) in [6, 6.07) is 4.09. The molecule has 8 nitrogen and oxygen atoms in total. The van der Waals surface area contributed by atoms with E-state index in [1.165, 1.54) is 25.3 Å². The summed E-state index contributed by atoms with van der Waals surface area (Å²) in [7, 11) is 2.64. The van der Waals surface area contributed by atoms with Crippen molar-refractivity contribution in [1.29, 1.82) is 0 Å². The number of para-hydroxylation sites is 1. The van der Waals surface area contributed by atoms with Gasteiger partial charge in [-0.3, -0.25) is 14.9 Å². The summed E-state index contributed by atoms with van der Waals surface area (Å²) in [4.78, 5) is 23.5. The molecular weight excluding hydrogens is 324 g/mol. The molecule has 0 spiro atoms. The van der Waals surface area contributed by atoms with E-state index in [0.717, 1.165) is 4.90 Å². The Labute approximate surface area is 124 Å². The third kappa shape index (κ3) is 2.93. The zero-order valence-electron chi connectivity index (χ0n) is 10.9. The smallest absolute Gasteiger partial charge is 0.296 e. The molecule has 1 atom stereocenters. The van der Waals surface area contributed by atoms with Crippen molar-refractivity contribution in [1.82, 2.24) is 0 Å². The fraction of sp³-hybridized carbons (Fsp3) is 0.364. The van der Waals surface area contributed by atoms with E-state index in [9.17, 15) is 23.3 Å². The van der Waals surface area contributed by atoms with Gasteiger partial charge in [-0.1, -0.05) is 6.07 Å². The summed E-state index contributed by atoms with van der Waals surface area (Å²) in [6.45, 7) is -0.244. The molecule has 1 amide bonds. The number of rotatable bonds is 4. The van der Waals surface area contributed by atoms with Gasteiger partial charge in [-0.2, -0.15) is 0 Å². The van der Waals surface area contributed by atoms with Gasteiger partial charge in [0.25, 0.3) is 5.69 Å². The Bertz CT molecular complexity index is 705. The van der Waals surface area contributed by atoms with E-state index in [1.54, 1.807) is 0 Å². The average Bonchev–Trinajstić information content (AvgIpc) is 2.79. The largest absolute Gasteiger partial charge is 0.494 e. The van der Waals surface area contributed by atoms with Gasteiger partial charge in [0.05, 0.1) is 12.0 Å². The van der Waals surface area contributed by atoms with Crippen LogP contribution in [0, 0.1) is 10.1 Å². The fourth-order valence-corrected chi connectivity index (χ4v) is 3.20. The van der Waals surface area contributed by atoms with E-state index in [4.69, 9.17) is 15.4 Å². The lowest BCUT2D eigenvalue weighted by atomic mass is 10.2. The second-order valence-electron chi connectivity index (χ2n) is 4.39. The van der Waals surface area contributed by atoms with Gasteiger partial charge in [0.15, 0.2) is 5.69 Å². The van der Waals surface area contributed by atoms with E-state index in [0.29, 0.717) is 0 Å². The molecule has 2 rings (SSSR count). The van der Waals surface area contributed by atoms with E-state index in [-0.39, 0.29) is 30.1 Å². The van der Waals surface area contributed by atoms with E-state index in [1.807, 2.05) is 0 Å². The number of amides is 1. The molecule has 1 aromatic carbocycles. The normalized spacial score (nSPS) is 18.9. The van der Waals surface area contributed by atoms with Crippen molar-refractivity contribution in [3.05, 3.63) is 28.3 Å². The van der Waals surface area contributed by atoms with Crippen LogP contribution < -0.4 is 9.64 Å². The Morgan fingerprint density at radius 1 is 1.48 bits per heavy atom. The number of anilines is 1. The first-order valence-electron chi connectivity index (χ1n) is 5.81. The lowest BCUT2D eigenvalue weighted by Crippen LogP contribution is -2.27. The third-order valence-corrected chi connectivity index (χ3v) is 5.02. The average molecular weight is 335 g/mol. The molecule has 1 aliphatic rings. The number of hydrogen-bond acceptors (Lipinski definition) is 6. The Kier molecular flexibility index (Phi) is 4.06.